The lowest BCUT2D eigenvalue weighted by Gasteiger charge is -2.35. The summed E-state index contributed by atoms with van der Waals surface area (Å²) in [5.74, 6) is -6.67. The monoisotopic (exact) mass is 519 g/mol. The van der Waals surface area contributed by atoms with Crippen LogP contribution < -0.4 is 0 Å². The van der Waals surface area contributed by atoms with Gasteiger partial charge in [0.25, 0.3) is 0 Å². The molecule has 1 aliphatic rings. The van der Waals surface area contributed by atoms with Crippen molar-refractivity contribution in [3.8, 4) is 0 Å². The van der Waals surface area contributed by atoms with Gasteiger partial charge in [-0.15, -0.1) is 0 Å². The van der Waals surface area contributed by atoms with Gasteiger partial charge < -0.3 is 28.6 Å². The average Bonchev–Trinajstić information content (AvgIpc) is 3.07. The molecule has 1 fully saturated rings. The molecule has 0 spiro atoms. The molecule has 11 nitrogen and oxygen atoms in total. The van der Waals surface area contributed by atoms with Crippen LogP contribution in [0.25, 0.3) is 0 Å². The van der Waals surface area contributed by atoms with Gasteiger partial charge in [0.2, 0.25) is 12.4 Å². The molecule has 5 atom stereocenters. The van der Waals surface area contributed by atoms with Crippen LogP contribution in [-0.2, 0) is 54.2 Å². The number of hydrogen-bond acceptors (Lipinski definition) is 10. The van der Waals surface area contributed by atoms with E-state index < -0.39 is 73.1 Å². The van der Waals surface area contributed by atoms with Crippen molar-refractivity contribution >= 4 is 29.8 Å². The zero-order chi connectivity index (χ0) is 27.2. The third kappa shape index (κ3) is 7.16. The summed E-state index contributed by atoms with van der Waals surface area (Å²) in [6.45, 7) is 2.14. The first-order valence-electron chi connectivity index (χ1n) is 10.4. The van der Waals surface area contributed by atoms with E-state index in [1.165, 1.54) is 24.3 Å². The Kier molecular flexibility index (Phi) is 9.39. The minimum absolute atomic E-state index is 0.142. The van der Waals surface area contributed by atoms with Gasteiger partial charge in [-0.3, -0.25) is 19.2 Å². The maximum absolute atomic E-state index is 13.6. The first kappa shape index (κ1) is 28.6. The smallest absolute Gasteiger partial charge is 0.467 e. The second-order valence-corrected chi connectivity index (χ2v) is 7.61. The molecule has 198 valence electrons. The number of ether oxygens (including phenoxy) is 5. The summed E-state index contributed by atoms with van der Waals surface area (Å²) >= 11 is 0. The Morgan fingerprint density at radius 2 is 1.44 bits per heavy atom. The number of esters is 4. The third-order valence-electron chi connectivity index (χ3n) is 4.88. The standard InChI is InChI=1S/C22H24F3NO10/c1-11(27)33-17-16(36-20(35-13(3)29)18(17)34-12(2)28)15(19(30)32-4)26(21(31)22(23,24)25)10-14-8-6-5-7-9-14/h5-9,15-18,20H,10H2,1-4H3. The molecule has 1 amide bonds. The molecular weight excluding hydrogens is 495 g/mol. The summed E-state index contributed by atoms with van der Waals surface area (Å²) in [6, 6.07) is 5.23. The highest BCUT2D eigenvalue weighted by molar-refractivity contribution is 5.88. The van der Waals surface area contributed by atoms with Crippen molar-refractivity contribution in [1.29, 1.82) is 0 Å². The second kappa shape index (κ2) is 11.8. The van der Waals surface area contributed by atoms with Crippen LogP contribution in [0.5, 0.6) is 0 Å². The molecule has 0 bridgehead atoms. The van der Waals surface area contributed by atoms with Crippen molar-refractivity contribution in [3.63, 3.8) is 0 Å². The van der Waals surface area contributed by atoms with Gasteiger partial charge in [-0.2, -0.15) is 13.2 Å². The first-order chi connectivity index (χ1) is 16.8. The van der Waals surface area contributed by atoms with E-state index in [4.69, 9.17) is 18.9 Å². The second-order valence-electron chi connectivity index (χ2n) is 7.61. The van der Waals surface area contributed by atoms with Gasteiger partial charge in [0.15, 0.2) is 12.1 Å². The van der Waals surface area contributed by atoms with Crippen molar-refractivity contribution in [2.45, 2.75) is 64.1 Å². The van der Waals surface area contributed by atoms with Gasteiger partial charge in [-0.1, -0.05) is 30.3 Å². The predicted octanol–water partition coefficient (Wildman–Crippen LogP) is 1.27. The van der Waals surface area contributed by atoms with E-state index in [0.717, 1.165) is 27.9 Å². The minimum Gasteiger partial charge on any atom is -0.467 e. The Labute approximate surface area is 203 Å². The SMILES string of the molecule is COC(=O)C(C1OC(OC(C)=O)C(OC(C)=O)C1OC(C)=O)N(Cc1ccccc1)C(=O)C(F)(F)F. The average molecular weight is 519 g/mol. The van der Waals surface area contributed by atoms with E-state index in [-0.39, 0.29) is 10.5 Å². The molecule has 36 heavy (non-hydrogen) atoms. The number of rotatable bonds is 8. The fraction of sp³-hybridized carbons (Fsp3) is 0.500. The van der Waals surface area contributed by atoms with Gasteiger partial charge in [-0.25, -0.2) is 4.79 Å². The van der Waals surface area contributed by atoms with Crippen LogP contribution in [0, 0.1) is 0 Å². The van der Waals surface area contributed by atoms with Crippen molar-refractivity contribution in [2.75, 3.05) is 7.11 Å². The molecule has 1 heterocycles. The van der Waals surface area contributed by atoms with Gasteiger partial charge in [0.05, 0.1) is 7.11 Å². The van der Waals surface area contributed by atoms with Crippen LogP contribution in [0.3, 0.4) is 0 Å². The highest BCUT2D eigenvalue weighted by Gasteiger charge is 2.59. The Balaban J connectivity index is 2.65. The number of methoxy groups -OCH3 is 1. The Morgan fingerprint density at radius 3 is 1.92 bits per heavy atom. The number of halogens is 3. The van der Waals surface area contributed by atoms with Crippen LogP contribution in [0.15, 0.2) is 30.3 Å². The number of amides is 1. The van der Waals surface area contributed by atoms with E-state index in [0.29, 0.717) is 0 Å². The largest absolute Gasteiger partial charge is 0.471 e. The Morgan fingerprint density at radius 1 is 0.917 bits per heavy atom. The Bertz CT molecular complexity index is 984. The number of hydrogen-bond donors (Lipinski definition) is 0. The molecule has 0 aromatic heterocycles. The Hall–Kier alpha value is -3.68. The van der Waals surface area contributed by atoms with E-state index in [1.807, 2.05) is 0 Å². The predicted molar refractivity (Wildman–Crippen MR) is 110 cm³/mol. The van der Waals surface area contributed by atoms with Gasteiger partial charge >= 0.3 is 36.0 Å². The van der Waals surface area contributed by atoms with E-state index in [2.05, 4.69) is 4.74 Å². The van der Waals surface area contributed by atoms with Crippen molar-refractivity contribution < 1.29 is 60.8 Å². The summed E-state index contributed by atoms with van der Waals surface area (Å²) in [6.07, 6.45) is -12.6. The van der Waals surface area contributed by atoms with E-state index in [1.54, 1.807) is 6.07 Å². The number of alkyl halides is 3. The maximum atomic E-state index is 13.6. The molecule has 14 heteroatoms. The molecule has 1 saturated heterocycles. The highest BCUT2D eigenvalue weighted by atomic mass is 19.4. The highest BCUT2D eigenvalue weighted by Crippen LogP contribution is 2.34. The van der Waals surface area contributed by atoms with E-state index in [9.17, 15) is 37.1 Å². The lowest BCUT2D eigenvalue weighted by Crippen LogP contribution is -2.58. The van der Waals surface area contributed by atoms with Gasteiger partial charge in [0, 0.05) is 27.3 Å². The minimum atomic E-state index is -5.43. The first-order valence-corrected chi connectivity index (χ1v) is 10.4. The van der Waals surface area contributed by atoms with Crippen molar-refractivity contribution in [3.05, 3.63) is 35.9 Å². The third-order valence-corrected chi connectivity index (χ3v) is 4.88. The molecule has 5 unspecified atom stereocenters. The summed E-state index contributed by atoms with van der Waals surface area (Å²) in [7, 11) is 0.858. The molecular formula is C22H24F3NO10. The van der Waals surface area contributed by atoms with Crippen LogP contribution in [0.1, 0.15) is 26.3 Å². The van der Waals surface area contributed by atoms with Gasteiger partial charge in [0.1, 0.15) is 6.10 Å². The molecule has 1 aromatic carbocycles. The summed E-state index contributed by atoms with van der Waals surface area (Å²) in [5, 5.41) is 0. The quantitative estimate of drug-likeness (QED) is 0.365. The van der Waals surface area contributed by atoms with Crippen LogP contribution >= 0.6 is 0 Å². The zero-order valence-corrected chi connectivity index (χ0v) is 19.6. The number of carbonyl (C=O) groups is 5. The molecule has 0 N–H and O–H groups in total. The fourth-order valence-corrected chi connectivity index (χ4v) is 3.60. The zero-order valence-electron chi connectivity index (χ0n) is 19.6. The van der Waals surface area contributed by atoms with Crippen LogP contribution in [0.4, 0.5) is 13.2 Å². The molecule has 0 saturated carbocycles. The number of benzene rings is 1. The summed E-state index contributed by atoms with van der Waals surface area (Å²) in [5.41, 5.74) is 0.208. The topological polar surface area (TPSA) is 135 Å². The van der Waals surface area contributed by atoms with Crippen LogP contribution in [0.2, 0.25) is 0 Å². The van der Waals surface area contributed by atoms with E-state index >= 15 is 0 Å². The lowest BCUT2D eigenvalue weighted by atomic mass is 10.0. The maximum Gasteiger partial charge on any atom is 0.471 e. The summed E-state index contributed by atoms with van der Waals surface area (Å²) < 4.78 is 66.1. The molecule has 2 rings (SSSR count). The molecule has 0 radical (unpaired) electrons. The molecule has 1 aliphatic heterocycles. The van der Waals surface area contributed by atoms with Crippen molar-refractivity contribution in [1.82, 2.24) is 4.90 Å². The lowest BCUT2D eigenvalue weighted by molar-refractivity contribution is -0.205. The number of carbonyl (C=O) groups excluding carboxylic acids is 5. The van der Waals surface area contributed by atoms with Crippen molar-refractivity contribution in [2.24, 2.45) is 0 Å². The fourth-order valence-electron chi connectivity index (χ4n) is 3.60. The van der Waals surface area contributed by atoms with Gasteiger partial charge in [-0.05, 0) is 5.56 Å². The molecule has 1 aromatic rings. The number of nitrogens with zero attached hydrogens (tertiary/aromatic N) is 1. The normalized spacial score (nSPS) is 22.2. The summed E-state index contributed by atoms with van der Waals surface area (Å²) in [4.78, 5) is 60.6. The molecule has 0 aliphatic carbocycles. The van der Waals surface area contributed by atoms with Crippen LogP contribution in [-0.4, -0.2) is 78.6 Å².